The molecule has 4 rings (SSSR count). The summed E-state index contributed by atoms with van der Waals surface area (Å²) in [5, 5.41) is 0. The van der Waals surface area contributed by atoms with Crippen molar-refractivity contribution in [3.63, 3.8) is 0 Å². The molecule has 1 nitrogen and oxygen atoms in total. The third-order valence-electron chi connectivity index (χ3n) is 7.24. The fourth-order valence-corrected chi connectivity index (χ4v) is 5.10. The zero-order valence-electron chi connectivity index (χ0n) is 20.0. The van der Waals surface area contributed by atoms with Gasteiger partial charge in [0.15, 0.2) is 23.2 Å². The van der Waals surface area contributed by atoms with Crippen molar-refractivity contribution in [3.8, 4) is 16.9 Å². The van der Waals surface area contributed by atoms with Crippen LogP contribution in [0.15, 0.2) is 54.6 Å². The lowest BCUT2D eigenvalue weighted by molar-refractivity contribution is 0.312. The van der Waals surface area contributed by atoms with Crippen LogP contribution in [0.1, 0.15) is 68.6 Å². The molecule has 0 heterocycles. The summed E-state index contributed by atoms with van der Waals surface area (Å²) in [6, 6.07) is 16.1. The van der Waals surface area contributed by atoms with Crippen molar-refractivity contribution in [2.75, 3.05) is 6.61 Å². The lowest BCUT2D eigenvalue weighted by Gasteiger charge is -2.28. The van der Waals surface area contributed by atoms with E-state index in [-0.39, 0.29) is 17.5 Å². The van der Waals surface area contributed by atoms with Crippen LogP contribution in [0.4, 0.5) is 13.2 Å². The second-order valence-electron chi connectivity index (χ2n) is 9.35. The van der Waals surface area contributed by atoms with Crippen molar-refractivity contribution in [2.24, 2.45) is 5.92 Å². The summed E-state index contributed by atoms with van der Waals surface area (Å²) >= 11 is 0. The average molecular weight is 467 g/mol. The molecule has 3 aromatic carbocycles. The number of ether oxygens (including phenoxy) is 1. The first kappa shape index (κ1) is 24.4. The lowest BCUT2D eigenvalue weighted by atomic mass is 9.77. The van der Waals surface area contributed by atoms with Crippen LogP contribution in [0.25, 0.3) is 11.1 Å². The zero-order chi connectivity index (χ0) is 24.1. The van der Waals surface area contributed by atoms with E-state index < -0.39 is 11.6 Å². The molecule has 1 fully saturated rings. The molecule has 0 aliphatic heterocycles. The molecule has 0 aromatic heterocycles. The van der Waals surface area contributed by atoms with Crippen molar-refractivity contribution in [2.45, 2.75) is 64.7 Å². The van der Waals surface area contributed by atoms with Crippen LogP contribution in [-0.4, -0.2) is 6.61 Å². The Balaban J connectivity index is 1.42. The van der Waals surface area contributed by atoms with Crippen molar-refractivity contribution >= 4 is 0 Å². The largest absolute Gasteiger partial charge is 0.491 e. The van der Waals surface area contributed by atoms with Gasteiger partial charge in [-0.15, -0.1) is 0 Å². The Bertz CT molecular complexity index is 1100. The smallest absolute Gasteiger partial charge is 0.166 e. The molecule has 180 valence electrons. The molecule has 3 aromatic rings. The Morgan fingerprint density at radius 2 is 1.44 bits per heavy atom. The summed E-state index contributed by atoms with van der Waals surface area (Å²) in [5.41, 5.74) is 3.43. The molecule has 34 heavy (non-hydrogen) atoms. The minimum atomic E-state index is -0.757. The summed E-state index contributed by atoms with van der Waals surface area (Å²) in [5.74, 6) is -0.707. The van der Waals surface area contributed by atoms with Gasteiger partial charge in [-0.3, -0.25) is 0 Å². The van der Waals surface area contributed by atoms with Crippen molar-refractivity contribution < 1.29 is 17.9 Å². The first-order chi connectivity index (χ1) is 16.5. The zero-order valence-corrected chi connectivity index (χ0v) is 20.0. The fraction of sp³-hybridized carbons (Fsp3) is 0.400. The highest BCUT2D eigenvalue weighted by atomic mass is 19.2. The van der Waals surface area contributed by atoms with E-state index in [1.807, 2.05) is 37.3 Å². The van der Waals surface area contributed by atoms with E-state index in [2.05, 4.69) is 6.92 Å². The Morgan fingerprint density at radius 1 is 0.765 bits per heavy atom. The summed E-state index contributed by atoms with van der Waals surface area (Å²) in [6.45, 7) is 4.45. The van der Waals surface area contributed by atoms with Gasteiger partial charge < -0.3 is 4.74 Å². The topological polar surface area (TPSA) is 9.23 Å². The Kier molecular flexibility index (Phi) is 7.97. The molecule has 0 unspecified atom stereocenters. The van der Waals surface area contributed by atoms with Gasteiger partial charge in [0, 0.05) is 5.56 Å². The predicted octanol–water partition coefficient (Wildman–Crippen LogP) is 8.64. The first-order valence-electron chi connectivity index (χ1n) is 12.5. The summed E-state index contributed by atoms with van der Waals surface area (Å²) < 4.78 is 49.3. The van der Waals surface area contributed by atoms with Gasteiger partial charge in [-0.05, 0) is 91.7 Å². The highest BCUT2D eigenvalue weighted by Crippen LogP contribution is 2.39. The van der Waals surface area contributed by atoms with Crippen molar-refractivity contribution in [1.82, 2.24) is 0 Å². The number of rotatable bonds is 8. The molecule has 0 bridgehead atoms. The third-order valence-corrected chi connectivity index (χ3v) is 7.24. The molecule has 0 N–H and O–H groups in total. The van der Waals surface area contributed by atoms with Crippen LogP contribution in [0.2, 0.25) is 0 Å². The van der Waals surface area contributed by atoms with E-state index >= 15 is 4.39 Å². The maximum atomic E-state index is 15.0. The van der Waals surface area contributed by atoms with E-state index in [1.165, 1.54) is 6.07 Å². The second-order valence-corrected chi connectivity index (χ2v) is 9.35. The van der Waals surface area contributed by atoms with Crippen LogP contribution in [0, 0.1) is 23.4 Å². The number of halogens is 3. The van der Waals surface area contributed by atoms with E-state index in [0.29, 0.717) is 29.7 Å². The van der Waals surface area contributed by atoms with E-state index in [4.69, 9.17) is 4.74 Å². The second kappa shape index (κ2) is 11.1. The van der Waals surface area contributed by atoms with E-state index in [1.54, 1.807) is 18.2 Å². The minimum absolute atomic E-state index is 0.112. The molecule has 0 atom stereocenters. The quantitative estimate of drug-likeness (QED) is 0.323. The van der Waals surface area contributed by atoms with Crippen molar-refractivity contribution in [1.29, 1.82) is 0 Å². The van der Waals surface area contributed by atoms with Gasteiger partial charge in [0.1, 0.15) is 0 Å². The molecule has 0 amide bonds. The first-order valence-corrected chi connectivity index (χ1v) is 12.5. The molecule has 0 saturated heterocycles. The molecular formula is C30H33F3O. The van der Waals surface area contributed by atoms with Gasteiger partial charge >= 0.3 is 0 Å². The molecule has 0 radical (unpaired) electrons. The maximum Gasteiger partial charge on any atom is 0.166 e. The Hall–Kier alpha value is -2.75. The van der Waals surface area contributed by atoms with Gasteiger partial charge in [0.25, 0.3) is 0 Å². The summed E-state index contributed by atoms with van der Waals surface area (Å²) in [4.78, 5) is 0. The van der Waals surface area contributed by atoms with Crippen LogP contribution in [-0.2, 0) is 12.8 Å². The Labute approximate surface area is 201 Å². The summed E-state index contributed by atoms with van der Waals surface area (Å²) in [7, 11) is 0. The summed E-state index contributed by atoms with van der Waals surface area (Å²) in [6.07, 6.45) is 6.62. The Morgan fingerprint density at radius 3 is 2.09 bits per heavy atom. The van der Waals surface area contributed by atoms with E-state index in [0.717, 1.165) is 55.6 Å². The molecule has 4 heteroatoms. The monoisotopic (exact) mass is 466 g/mol. The number of benzene rings is 3. The van der Waals surface area contributed by atoms with Gasteiger partial charge in [0.2, 0.25) is 0 Å². The molecule has 0 spiro atoms. The van der Waals surface area contributed by atoms with Crippen LogP contribution in [0.3, 0.4) is 0 Å². The van der Waals surface area contributed by atoms with Crippen LogP contribution >= 0.6 is 0 Å². The van der Waals surface area contributed by atoms with Gasteiger partial charge in [-0.2, -0.15) is 0 Å². The average Bonchev–Trinajstić information content (AvgIpc) is 2.86. The van der Waals surface area contributed by atoms with Crippen LogP contribution < -0.4 is 4.74 Å². The van der Waals surface area contributed by atoms with Crippen molar-refractivity contribution in [3.05, 3.63) is 88.7 Å². The minimum Gasteiger partial charge on any atom is -0.491 e. The SMILES string of the molecule is CCOc1ccc(CCc2ccc(-c3ccc(C4CCC(CC)CC4)c(F)c3F)cc2)cc1F. The third kappa shape index (κ3) is 5.48. The van der Waals surface area contributed by atoms with Gasteiger partial charge in [0.05, 0.1) is 6.61 Å². The fourth-order valence-electron chi connectivity index (χ4n) is 5.10. The highest BCUT2D eigenvalue weighted by Gasteiger charge is 2.26. The number of hydrogen-bond acceptors (Lipinski definition) is 1. The predicted molar refractivity (Wildman–Crippen MR) is 132 cm³/mol. The standard InChI is InChI=1S/C30H33F3O/c1-3-20-7-12-23(13-8-20)25-16-17-26(30(33)29(25)32)24-14-9-21(10-15-24)5-6-22-11-18-28(34-4-2)27(31)19-22/h9-11,14-20,23H,3-8,12-13H2,1-2H3. The van der Waals surface area contributed by atoms with Gasteiger partial charge in [-0.1, -0.05) is 55.8 Å². The molecule has 1 saturated carbocycles. The van der Waals surface area contributed by atoms with Gasteiger partial charge in [-0.25, -0.2) is 13.2 Å². The number of hydrogen-bond donors (Lipinski definition) is 0. The van der Waals surface area contributed by atoms with Crippen LogP contribution in [0.5, 0.6) is 5.75 Å². The maximum absolute atomic E-state index is 15.0. The highest BCUT2D eigenvalue weighted by molar-refractivity contribution is 5.65. The molecular weight excluding hydrogens is 433 g/mol. The normalized spacial score (nSPS) is 18.1. The van der Waals surface area contributed by atoms with E-state index in [9.17, 15) is 8.78 Å². The molecule has 1 aliphatic carbocycles. The lowest BCUT2D eigenvalue weighted by Crippen LogP contribution is -2.14. The number of aryl methyl sites for hydroxylation is 2. The molecule has 1 aliphatic rings.